The third kappa shape index (κ3) is 5.44. The van der Waals surface area contributed by atoms with Gasteiger partial charge in [-0.1, -0.05) is 31.2 Å². The molecule has 2 amide bonds. The van der Waals surface area contributed by atoms with Crippen LogP contribution in [0.3, 0.4) is 0 Å². The molecule has 0 aromatic carbocycles. The quantitative estimate of drug-likeness (QED) is 0.548. The lowest BCUT2D eigenvalue weighted by molar-refractivity contribution is -0.156. The van der Waals surface area contributed by atoms with Gasteiger partial charge in [-0.15, -0.1) is 0 Å². The summed E-state index contributed by atoms with van der Waals surface area (Å²) in [5, 5.41) is 2.73. The summed E-state index contributed by atoms with van der Waals surface area (Å²) < 4.78 is 28.8. The Hall–Kier alpha value is -2.74. The van der Waals surface area contributed by atoms with Crippen molar-refractivity contribution in [1.82, 2.24) is 9.88 Å². The number of aromatic nitrogens is 1. The van der Waals surface area contributed by atoms with E-state index in [9.17, 15) is 18.4 Å². The molecule has 162 valence electrons. The summed E-state index contributed by atoms with van der Waals surface area (Å²) in [4.78, 5) is 30.4. The number of alkyl halides is 2. The monoisotopic (exact) mass is 438 g/mol. The Morgan fingerprint density at radius 2 is 2.13 bits per heavy atom. The first kappa shape index (κ1) is 23.5. The Morgan fingerprint density at radius 3 is 2.73 bits per heavy atom. The van der Waals surface area contributed by atoms with E-state index in [1.165, 1.54) is 19.2 Å². The van der Waals surface area contributed by atoms with Gasteiger partial charge in [0, 0.05) is 23.9 Å². The van der Waals surface area contributed by atoms with E-state index in [-0.39, 0.29) is 22.8 Å². The van der Waals surface area contributed by atoms with Crippen LogP contribution >= 0.6 is 11.6 Å². The standard InChI is InChI=1S/C21H25ClF2N4O2/c1-5-6-15(22)7-12(2)17-9-21(23,24)14(4)11-28(17)20(30)19(29)27-16-8-13(3)18(25)26-10-16/h5-8,10,14,17H,2,9,11H2,1,3-4H3,(H2,25,26)(H,27,29)/b6-5-,15-7+/t14-,17-/m0/s1. The van der Waals surface area contributed by atoms with E-state index >= 15 is 0 Å². The highest BCUT2D eigenvalue weighted by atomic mass is 35.5. The van der Waals surface area contributed by atoms with Gasteiger partial charge in [0.1, 0.15) is 5.82 Å². The summed E-state index contributed by atoms with van der Waals surface area (Å²) in [6, 6.07) is 0.496. The zero-order valence-corrected chi connectivity index (χ0v) is 17.8. The number of hydrogen-bond donors (Lipinski definition) is 2. The first-order chi connectivity index (χ1) is 14.0. The maximum Gasteiger partial charge on any atom is 0.313 e. The fourth-order valence-corrected chi connectivity index (χ4v) is 3.40. The number of anilines is 2. The van der Waals surface area contributed by atoms with Crippen molar-refractivity contribution in [2.45, 2.75) is 39.2 Å². The van der Waals surface area contributed by atoms with Crippen LogP contribution < -0.4 is 11.1 Å². The van der Waals surface area contributed by atoms with Crippen LogP contribution in [0.4, 0.5) is 20.3 Å². The summed E-state index contributed by atoms with van der Waals surface area (Å²) in [5.74, 6) is -5.73. The molecule has 0 radical (unpaired) electrons. The van der Waals surface area contributed by atoms with Gasteiger partial charge in [-0.3, -0.25) is 9.59 Å². The number of nitrogen functional groups attached to an aromatic ring is 1. The van der Waals surface area contributed by atoms with Crippen LogP contribution in [0.2, 0.25) is 0 Å². The van der Waals surface area contributed by atoms with Crippen molar-refractivity contribution < 1.29 is 18.4 Å². The number of nitrogens with one attached hydrogen (secondary N) is 1. The number of rotatable bonds is 4. The number of nitrogens with zero attached hydrogens (tertiary/aromatic N) is 2. The molecule has 2 rings (SSSR count). The first-order valence-corrected chi connectivity index (χ1v) is 9.74. The van der Waals surface area contributed by atoms with Gasteiger partial charge < -0.3 is 16.0 Å². The molecular formula is C21H25ClF2N4O2. The minimum atomic E-state index is -3.01. The van der Waals surface area contributed by atoms with Gasteiger partial charge >= 0.3 is 11.8 Å². The highest BCUT2D eigenvalue weighted by Gasteiger charge is 2.48. The van der Waals surface area contributed by atoms with E-state index in [0.29, 0.717) is 11.4 Å². The second-order valence-corrected chi connectivity index (χ2v) is 7.76. The smallest absolute Gasteiger partial charge is 0.313 e. The minimum absolute atomic E-state index is 0.218. The highest BCUT2D eigenvalue weighted by Crippen LogP contribution is 2.39. The van der Waals surface area contributed by atoms with Crippen molar-refractivity contribution >= 4 is 34.9 Å². The normalized spacial score (nSPS) is 21.5. The van der Waals surface area contributed by atoms with Gasteiger partial charge in [0.05, 0.1) is 17.9 Å². The van der Waals surface area contributed by atoms with Gasteiger partial charge in [0.15, 0.2) is 0 Å². The number of aryl methyl sites for hydroxylation is 1. The molecule has 3 N–H and O–H groups in total. The van der Waals surface area contributed by atoms with Gasteiger partial charge in [-0.2, -0.15) is 0 Å². The number of halogens is 3. The molecule has 0 spiro atoms. The summed E-state index contributed by atoms with van der Waals surface area (Å²) in [6.07, 6.45) is 5.35. The van der Waals surface area contributed by atoms with Crippen LogP contribution in [-0.4, -0.2) is 40.2 Å². The van der Waals surface area contributed by atoms with Crippen molar-refractivity contribution in [3.8, 4) is 0 Å². The maximum absolute atomic E-state index is 14.4. The molecule has 0 saturated carbocycles. The van der Waals surface area contributed by atoms with Crippen LogP contribution in [0.1, 0.15) is 25.8 Å². The van der Waals surface area contributed by atoms with Crippen molar-refractivity contribution in [2.24, 2.45) is 5.92 Å². The summed E-state index contributed by atoms with van der Waals surface area (Å²) in [7, 11) is 0. The zero-order chi connectivity index (χ0) is 22.6. The lowest BCUT2D eigenvalue weighted by Crippen LogP contribution is -2.56. The molecule has 1 saturated heterocycles. The molecule has 1 fully saturated rings. The Balaban J connectivity index is 2.27. The number of nitrogens with two attached hydrogens (primary N) is 1. The topological polar surface area (TPSA) is 88.3 Å². The number of likely N-dealkylation sites (tertiary alicyclic amines) is 1. The number of hydrogen-bond acceptors (Lipinski definition) is 4. The third-order valence-corrected chi connectivity index (χ3v) is 5.18. The fourth-order valence-electron chi connectivity index (χ4n) is 3.13. The number of carbonyl (C=O) groups is 2. The minimum Gasteiger partial charge on any atom is -0.383 e. The van der Waals surface area contributed by atoms with Crippen LogP contribution in [0.25, 0.3) is 0 Å². The average molecular weight is 439 g/mol. The van der Waals surface area contributed by atoms with E-state index in [4.69, 9.17) is 17.3 Å². The number of piperidine rings is 1. The molecule has 1 aliphatic heterocycles. The average Bonchev–Trinajstić information content (AvgIpc) is 2.66. The Bertz CT molecular complexity index is 914. The van der Waals surface area contributed by atoms with Crippen LogP contribution in [0.5, 0.6) is 0 Å². The Labute approximate surface area is 179 Å². The van der Waals surface area contributed by atoms with E-state index in [1.54, 1.807) is 32.1 Å². The van der Waals surface area contributed by atoms with Crippen molar-refractivity contribution in [3.05, 3.63) is 53.2 Å². The first-order valence-electron chi connectivity index (χ1n) is 9.36. The van der Waals surface area contributed by atoms with Crippen molar-refractivity contribution in [3.63, 3.8) is 0 Å². The van der Waals surface area contributed by atoms with E-state index in [0.717, 1.165) is 4.90 Å². The Morgan fingerprint density at radius 1 is 1.47 bits per heavy atom. The fraction of sp³-hybridized carbons (Fsp3) is 0.381. The van der Waals surface area contributed by atoms with Crippen LogP contribution in [-0.2, 0) is 9.59 Å². The second-order valence-electron chi connectivity index (χ2n) is 7.32. The molecule has 1 aromatic heterocycles. The summed E-state index contributed by atoms with van der Waals surface area (Å²) in [5.41, 5.74) is 6.77. The number of pyridine rings is 1. The summed E-state index contributed by atoms with van der Waals surface area (Å²) >= 11 is 6.05. The molecule has 1 aliphatic rings. The highest BCUT2D eigenvalue weighted by molar-refractivity contribution is 6.39. The van der Waals surface area contributed by atoms with Crippen LogP contribution in [0, 0.1) is 12.8 Å². The largest absolute Gasteiger partial charge is 0.383 e. The molecule has 6 nitrogen and oxygen atoms in total. The molecule has 1 aromatic rings. The maximum atomic E-state index is 14.4. The molecule has 2 heterocycles. The zero-order valence-electron chi connectivity index (χ0n) is 17.1. The van der Waals surface area contributed by atoms with E-state index in [2.05, 4.69) is 16.9 Å². The van der Waals surface area contributed by atoms with Gasteiger partial charge in [0.25, 0.3) is 5.92 Å². The second kappa shape index (κ2) is 9.38. The molecule has 0 bridgehead atoms. The van der Waals surface area contributed by atoms with E-state index in [1.807, 2.05) is 0 Å². The van der Waals surface area contributed by atoms with Crippen molar-refractivity contribution in [2.75, 3.05) is 17.6 Å². The molecule has 9 heteroatoms. The predicted molar refractivity (Wildman–Crippen MR) is 114 cm³/mol. The molecule has 30 heavy (non-hydrogen) atoms. The summed E-state index contributed by atoms with van der Waals surface area (Å²) in [6.45, 7) is 8.31. The predicted octanol–water partition coefficient (Wildman–Crippen LogP) is 4.04. The molecule has 0 unspecified atom stereocenters. The van der Waals surface area contributed by atoms with Gasteiger partial charge in [0.2, 0.25) is 0 Å². The van der Waals surface area contributed by atoms with Gasteiger partial charge in [-0.05, 0) is 43.2 Å². The molecule has 2 atom stereocenters. The SMILES string of the molecule is C=C(/C=C(Cl)\C=C/C)[C@@H]1CC(F)(F)[C@@H](C)CN1C(=O)C(=O)Nc1cnc(N)c(C)c1. The van der Waals surface area contributed by atoms with Crippen LogP contribution in [0.15, 0.2) is 47.7 Å². The third-order valence-electron chi connectivity index (χ3n) is 4.94. The number of allylic oxidation sites excluding steroid dienone is 3. The number of amides is 2. The molecule has 0 aliphatic carbocycles. The van der Waals surface area contributed by atoms with E-state index < -0.39 is 36.1 Å². The van der Waals surface area contributed by atoms with Gasteiger partial charge in [-0.25, -0.2) is 13.8 Å². The lowest BCUT2D eigenvalue weighted by atomic mass is 9.86. The molecular weight excluding hydrogens is 414 g/mol. The lowest BCUT2D eigenvalue weighted by Gasteiger charge is -2.43. The Kier molecular flexibility index (Phi) is 7.36. The number of carbonyl (C=O) groups excluding carboxylic acids is 2. The van der Waals surface area contributed by atoms with Crippen molar-refractivity contribution in [1.29, 1.82) is 0 Å².